The van der Waals surface area contributed by atoms with Gasteiger partial charge in [-0.1, -0.05) is 0 Å². The summed E-state index contributed by atoms with van der Waals surface area (Å²) in [6, 6.07) is 7.97. The molecule has 2 amide bonds. The van der Waals surface area contributed by atoms with Crippen molar-refractivity contribution in [1.82, 2.24) is 20.6 Å². The Morgan fingerprint density at radius 1 is 1.06 bits per heavy atom. The van der Waals surface area contributed by atoms with Gasteiger partial charge in [-0.25, -0.2) is 9.97 Å². The number of unbranched alkanes of at least 4 members (excludes halogenated alkanes) is 1. The second kappa shape index (κ2) is 10.7. The van der Waals surface area contributed by atoms with Gasteiger partial charge in [0.2, 0.25) is 5.91 Å². The molecule has 0 spiro atoms. The van der Waals surface area contributed by atoms with Crippen molar-refractivity contribution in [3.8, 4) is 0 Å². The van der Waals surface area contributed by atoms with Crippen LogP contribution in [-0.2, 0) is 4.79 Å². The third-order valence-electron chi connectivity index (χ3n) is 4.46. The van der Waals surface area contributed by atoms with E-state index in [1.54, 1.807) is 17.5 Å². The van der Waals surface area contributed by atoms with E-state index in [1.165, 1.54) is 6.92 Å². The first kappa shape index (κ1) is 22.5. The normalized spacial score (nSPS) is 10.8. The Labute approximate surface area is 185 Å². The summed E-state index contributed by atoms with van der Waals surface area (Å²) in [7, 11) is 0. The summed E-state index contributed by atoms with van der Waals surface area (Å²) in [6.07, 6.45) is 3.18. The van der Waals surface area contributed by atoms with Gasteiger partial charge < -0.3 is 21.3 Å². The predicted molar refractivity (Wildman–Crippen MR) is 126 cm³/mol. The molecule has 0 saturated carbocycles. The van der Waals surface area contributed by atoms with Crippen LogP contribution >= 0.6 is 11.3 Å². The highest BCUT2D eigenvalue weighted by Crippen LogP contribution is 2.26. The van der Waals surface area contributed by atoms with Crippen LogP contribution in [-0.4, -0.2) is 40.9 Å². The summed E-state index contributed by atoms with van der Waals surface area (Å²) in [4.78, 5) is 32.3. The largest absolute Gasteiger partial charge is 0.382 e. The number of amides is 2. The highest BCUT2D eigenvalue weighted by molar-refractivity contribution is 7.16. The van der Waals surface area contributed by atoms with Gasteiger partial charge in [0.15, 0.2) is 0 Å². The van der Waals surface area contributed by atoms with Gasteiger partial charge in [-0.05, 0) is 44.9 Å². The molecule has 164 valence electrons. The van der Waals surface area contributed by atoms with Crippen LogP contribution < -0.4 is 21.3 Å². The van der Waals surface area contributed by atoms with Crippen molar-refractivity contribution >= 4 is 50.6 Å². The Bertz CT molecular complexity index is 1050. The van der Waals surface area contributed by atoms with Gasteiger partial charge in [-0.3, -0.25) is 9.59 Å². The lowest BCUT2D eigenvalue weighted by molar-refractivity contribution is -0.118. The van der Waals surface area contributed by atoms with Crippen LogP contribution in [0.2, 0.25) is 0 Å². The van der Waals surface area contributed by atoms with Gasteiger partial charge in [0.05, 0.1) is 27.0 Å². The van der Waals surface area contributed by atoms with Gasteiger partial charge in [0, 0.05) is 44.0 Å². The molecule has 0 fully saturated rings. The van der Waals surface area contributed by atoms with Crippen LogP contribution in [0.25, 0.3) is 10.2 Å². The number of nitrogens with zero attached hydrogens (tertiary/aromatic N) is 2. The number of rotatable bonds is 10. The molecule has 9 heteroatoms. The van der Waals surface area contributed by atoms with Crippen LogP contribution in [0.3, 0.4) is 0 Å². The first-order chi connectivity index (χ1) is 14.9. The molecular weight excluding hydrogens is 412 g/mol. The Morgan fingerprint density at radius 3 is 2.58 bits per heavy atom. The number of fused-ring (bicyclic) bond motifs is 1. The summed E-state index contributed by atoms with van der Waals surface area (Å²) in [5, 5.41) is 12.3. The Morgan fingerprint density at radius 2 is 1.84 bits per heavy atom. The van der Waals surface area contributed by atoms with E-state index in [2.05, 4.69) is 31.2 Å². The van der Waals surface area contributed by atoms with Crippen molar-refractivity contribution in [1.29, 1.82) is 0 Å². The maximum Gasteiger partial charge on any atom is 0.254 e. The number of hydrogen-bond donors (Lipinski definition) is 4. The average molecular weight is 441 g/mol. The molecule has 3 aromatic rings. The minimum atomic E-state index is -0.173. The standard InChI is InChI=1S/C22H28N6O2S/c1-14(2)27-19-11-21(28-16-6-7-18-20(10-16)31-13-26-18)25-12-17(19)22(30)24-9-5-4-8-23-15(3)29/h6-7,10-14H,4-5,8-9H2,1-3H3,(H,23,29)(H,24,30)(H2,25,27,28). The molecule has 0 aliphatic carbocycles. The van der Waals surface area contributed by atoms with Gasteiger partial charge in [0.25, 0.3) is 5.91 Å². The Balaban J connectivity index is 1.65. The van der Waals surface area contributed by atoms with Gasteiger partial charge in [-0.15, -0.1) is 11.3 Å². The molecule has 8 nitrogen and oxygen atoms in total. The summed E-state index contributed by atoms with van der Waals surface area (Å²) >= 11 is 1.59. The molecule has 0 unspecified atom stereocenters. The lowest BCUT2D eigenvalue weighted by Crippen LogP contribution is -2.27. The lowest BCUT2D eigenvalue weighted by atomic mass is 10.2. The second-order valence-electron chi connectivity index (χ2n) is 7.52. The van der Waals surface area contributed by atoms with Crippen LogP contribution in [0.4, 0.5) is 17.2 Å². The Hall–Kier alpha value is -3.20. The molecule has 31 heavy (non-hydrogen) atoms. The van der Waals surface area contributed by atoms with Gasteiger partial charge >= 0.3 is 0 Å². The number of hydrogen-bond acceptors (Lipinski definition) is 7. The van der Waals surface area contributed by atoms with Crippen LogP contribution in [0.5, 0.6) is 0 Å². The molecule has 4 N–H and O–H groups in total. The van der Waals surface area contributed by atoms with E-state index in [9.17, 15) is 9.59 Å². The van der Waals surface area contributed by atoms with E-state index >= 15 is 0 Å². The third-order valence-corrected chi connectivity index (χ3v) is 5.25. The third kappa shape index (κ3) is 6.65. The smallest absolute Gasteiger partial charge is 0.254 e. The molecule has 2 aromatic heterocycles. The summed E-state index contributed by atoms with van der Waals surface area (Å²) in [5.74, 6) is 0.437. The van der Waals surface area contributed by atoms with Crippen molar-refractivity contribution < 1.29 is 9.59 Å². The minimum Gasteiger partial charge on any atom is -0.382 e. The fraction of sp³-hybridized carbons (Fsp3) is 0.364. The maximum atomic E-state index is 12.7. The minimum absolute atomic E-state index is 0.0415. The Kier molecular flexibility index (Phi) is 7.77. The topological polar surface area (TPSA) is 108 Å². The fourth-order valence-corrected chi connectivity index (χ4v) is 3.74. The monoisotopic (exact) mass is 440 g/mol. The average Bonchev–Trinajstić information content (AvgIpc) is 3.18. The number of nitrogens with one attached hydrogen (secondary N) is 4. The van der Waals surface area contributed by atoms with E-state index < -0.39 is 0 Å². The quantitative estimate of drug-likeness (QED) is 0.356. The first-order valence-corrected chi connectivity index (χ1v) is 11.2. The van der Waals surface area contributed by atoms with E-state index in [0.29, 0.717) is 24.5 Å². The molecular formula is C22H28N6O2S. The van der Waals surface area contributed by atoms with Crippen molar-refractivity contribution in [3.05, 3.63) is 41.5 Å². The summed E-state index contributed by atoms with van der Waals surface area (Å²) in [6.45, 7) is 6.69. The molecule has 0 atom stereocenters. The van der Waals surface area contributed by atoms with Crippen LogP contribution in [0.15, 0.2) is 36.0 Å². The molecule has 0 aliphatic heterocycles. The number of benzene rings is 1. The summed E-state index contributed by atoms with van der Waals surface area (Å²) < 4.78 is 1.10. The zero-order valence-corrected chi connectivity index (χ0v) is 18.8. The summed E-state index contributed by atoms with van der Waals surface area (Å²) in [5.41, 5.74) is 4.93. The van der Waals surface area contributed by atoms with Crippen LogP contribution in [0.1, 0.15) is 44.0 Å². The SMILES string of the molecule is CC(=O)NCCCCNC(=O)c1cnc(Nc2ccc3ncsc3c2)cc1NC(C)C. The zero-order chi connectivity index (χ0) is 22.2. The van der Waals surface area contributed by atoms with E-state index in [-0.39, 0.29) is 17.9 Å². The maximum absolute atomic E-state index is 12.7. The second-order valence-corrected chi connectivity index (χ2v) is 8.41. The number of thiazole rings is 1. The number of pyridine rings is 1. The van der Waals surface area contributed by atoms with Crippen molar-refractivity contribution in [2.75, 3.05) is 23.7 Å². The molecule has 3 rings (SSSR count). The van der Waals surface area contributed by atoms with E-state index in [4.69, 9.17) is 0 Å². The van der Waals surface area contributed by atoms with Crippen molar-refractivity contribution in [2.45, 2.75) is 39.7 Å². The first-order valence-electron chi connectivity index (χ1n) is 10.3. The number of carbonyl (C=O) groups is 2. The molecule has 0 bridgehead atoms. The zero-order valence-electron chi connectivity index (χ0n) is 18.0. The molecule has 2 heterocycles. The number of aromatic nitrogens is 2. The van der Waals surface area contributed by atoms with Crippen LogP contribution in [0, 0.1) is 0 Å². The van der Waals surface area contributed by atoms with E-state index in [1.807, 2.05) is 43.6 Å². The fourth-order valence-electron chi connectivity index (χ4n) is 3.03. The van der Waals surface area contributed by atoms with E-state index in [0.717, 1.165) is 34.4 Å². The molecule has 0 aliphatic rings. The lowest BCUT2D eigenvalue weighted by Gasteiger charge is -2.16. The highest BCUT2D eigenvalue weighted by Gasteiger charge is 2.14. The number of anilines is 3. The molecule has 0 radical (unpaired) electrons. The number of carbonyl (C=O) groups excluding carboxylic acids is 2. The molecule has 0 saturated heterocycles. The van der Waals surface area contributed by atoms with Crippen molar-refractivity contribution in [3.63, 3.8) is 0 Å². The predicted octanol–water partition coefficient (Wildman–Crippen LogP) is 3.90. The van der Waals surface area contributed by atoms with Gasteiger partial charge in [0.1, 0.15) is 5.82 Å². The van der Waals surface area contributed by atoms with Crippen molar-refractivity contribution in [2.24, 2.45) is 0 Å². The molecule has 1 aromatic carbocycles. The van der Waals surface area contributed by atoms with Gasteiger partial charge in [-0.2, -0.15) is 0 Å². The highest BCUT2D eigenvalue weighted by atomic mass is 32.1.